The first-order valence-electron chi connectivity index (χ1n) is 8.36. The van der Waals surface area contributed by atoms with Gasteiger partial charge in [-0.3, -0.25) is 4.79 Å². The number of hydrogen-bond acceptors (Lipinski definition) is 4. The summed E-state index contributed by atoms with van der Waals surface area (Å²) in [4.78, 5) is 16.1. The van der Waals surface area contributed by atoms with E-state index in [0.717, 1.165) is 17.0 Å². The smallest absolute Gasteiger partial charge is 0.182 e. The SMILES string of the molecule is CC1=CN(CC(=O)c2cc(C(C)(C)C)c(O)c(C(C)(C)C)c2)CS1. The van der Waals surface area contributed by atoms with Crippen LogP contribution in [-0.2, 0) is 10.8 Å². The fourth-order valence-electron chi connectivity index (χ4n) is 2.82. The van der Waals surface area contributed by atoms with E-state index in [-0.39, 0.29) is 16.6 Å². The van der Waals surface area contributed by atoms with E-state index in [9.17, 15) is 9.90 Å². The van der Waals surface area contributed by atoms with E-state index in [0.29, 0.717) is 17.9 Å². The van der Waals surface area contributed by atoms with Crippen molar-refractivity contribution in [1.29, 1.82) is 0 Å². The van der Waals surface area contributed by atoms with Crippen molar-refractivity contribution in [3.05, 3.63) is 39.9 Å². The number of aromatic hydroxyl groups is 1. The highest BCUT2D eigenvalue weighted by atomic mass is 32.2. The Labute approximate surface area is 150 Å². The second-order valence-electron chi connectivity index (χ2n) is 8.60. The van der Waals surface area contributed by atoms with Crippen molar-refractivity contribution >= 4 is 17.5 Å². The second kappa shape index (κ2) is 6.47. The first kappa shape index (κ1) is 18.9. The number of Topliss-reactive ketones (excluding diaryl/α,β-unsaturated/α-hetero) is 1. The monoisotopic (exact) mass is 347 g/mol. The molecule has 0 saturated carbocycles. The summed E-state index contributed by atoms with van der Waals surface area (Å²) in [6.45, 7) is 14.8. The summed E-state index contributed by atoms with van der Waals surface area (Å²) in [6, 6.07) is 3.74. The number of hydrogen-bond donors (Lipinski definition) is 1. The normalized spacial score (nSPS) is 15.6. The van der Waals surface area contributed by atoms with Gasteiger partial charge in [0.2, 0.25) is 0 Å². The highest BCUT2D eigenvalue weighted by molar-refractivity contribution is 8.03. The topological polar surface area (TPSA) is 40.5 Å². The van der Waals surface area contributed by atoms with Gasteiger partial charge in [-0.1, -0.05) is 41.5 Å². The second-order valence-corrected chi connectivity index (χ2v) is 9.79. The molecule has 0 amide bonds. The molecule has 2 rings (SSSR count). The molecule has 0 atom stereocenters. The van der Waals surface area contributed by atoms with Crippen LogP contribution in [0.5, 0.6) is 5.75 Å². The van der Waals surface area contributed by atoms with E-state index in [1.54, 1.807) is 11.8 Å². The fourth-order valence-corrected chi connectivity index (χ4v) is 3.58. The number of thioether (sulfide) groups is 1. The van der Waals surface area contributed by atoms with E-state index in [1.807, 2.05) is 23.2 Å². The predicted molar refractivity (Wildman–Crippen MR) is 103 cm³/mol. The summed E-state index contributed by atoms with van der Waals surface area (Å²) in [5.41, 5.74) is 1.91. The lowest BCUT2D eigenvalue weighted by Gasteiger charge is -2.28. The molecule has 0 fully saturated rings. The summed E-state index contributed by atoms with van der Waals surface area (Å²) in [6.07, 6.45) is 2.04. The van der Waals surface area contributed by atoms with Crippen molar-refractivity contribution in [2.75, 3.05) is 12.4 Å². The largest absolute Gasteiger partial charge is 0.507 e. The Morgan fingerprint density at radius 2 is 1.62 bits per heavy atom. The molecule has 0 aromatic heterocycles. The Hall–Kier alpha value is -1.42. The van der Waals surface area contributed by atoms with E-state index in [4.69, 9.17) is 0 Å². The Morgan fingerprint density at radius 3 is 2.00 bits per heavy atom. The number of nitrogens with zero attached hydrogens (tertiary/aromatic N) is 1. The molecule has 0 radical (unpaired) electrons. The molecule has 1 heterocycles. The standard InChI is InChI=1S/C20H29NO2S/c1-13-10-21(12-24-13)11-17(22)14-8-15(19(2,3)4)18(23)16(9-14)20(5,6)7/h8-10,23H,11-12H2,1-7H3. The first-order chi connectivity index (χ1) is 10.9. The van der Waals surface area contributed by atoms with Crippen LogP contribution in [0.2, 0.25) is 0 Å². The third kappa shape index (κ3) is 4.15. The van der Waals surface area contributed by atoms with Crippen molar-refractivity contribution < 1.29 is 9.90 Å². The Bertz CT molecular complexity index is 643. The van der Waals surface area contributed by atoms with Crippen molar-refractivity contribution in [3.63, 3.8) is 0 Å². The van der Waals surface area contributed by atoms with Crippen molar-refractivity contribution in [2.45, 2.75) is 59.3 Å². The van der Waals surface area contributed by atoms with Crippen LogP contribution < -0.4 is 0 Å². The maximum atomic E-state index is 12.8. The molecule has 3 nitrogen and oxygen atoms in total. The van der Waals surface area contributed by atoms with Gasteiger partial charge in [0, 0.05) is 22.9 Å². The molecule has 0 aliphatic carbocycles. The summed E-state index contributed by atoms with van der Waals surface area (Å²) in [5, 5.41) is 10.8. The highest BCUT2D eigenvalue weighted by Gasteiger charge is 2.28. The van der Waals surface area contributed by atoms with Gasteiger partial charge in [-0.2, -0.15) is 0 Å². The molecule has 4 heteroatoms. The lowest BCUT2D eigenvalue weighted by Crippen LogP contribution is -2.24. The Morgan fingerprint density at radius 1 is 1.12 bits per heavy atom. The molecule has 0 spiro atoms. The predicted octanol–water partition coefficient (Wildman–Crippen LogP) is 5.04. The lowest BCUT2D eigenvalue weighted by molar-refractivity contribution is 0.0963. The number of allylic oxidation sites excluding steroid dienone is 1. The van der Waals surface area contributed by atoms with Gasteiger partial charge in [-0.15, -0.1) is 11.8 Å². The van der Waals surface area contributed by atoms with Crippen LogP contribution >= 0.6 is 11.8 Å². The third-order valence-corrected chi connectivity index (χ3v) is 5.24. The van der Waals surface area contributed by atoms with E-state index in [2.05, 4.69) is 48.5 Å². The number of phenols is 1. The van der Waals surface area contributed by atoms with Gasteiger partial charge < -0.3 is 10.0 Å². The number of carbonyl (C=O) groups excluding carboxylic acids is 1. The van der Waals surface area contributed by atoms with Crippen LogP contribution in [0.15, 0.2) is 23.2 Å². The molecule has 0 saturated heterocycles. The van der Waals surface area contributed by atoms with Gasteiger partial charge in [-0.25, -0.2) is 0 Å². The minimum Gasteiger partial charge on any atom is -0.507 e. The maximum Gasteiger partial charge on any atom is 0.182 e. The number of rotatable bonds is 3. The molecule has 1 aliphatic heterocycles. The van der Waals surface area contributed by atoms with Gasteiger partial charge >= 0.3 is 0 Å². The number of benzene rings is 1. The van der Waals surface area contributed by atoms with Crippen molar-refractivity contribution in [3.8, 4) is 5.75 Å². The van der Waals surface area contributed by atoms with E-state index >= 15 is 0 Å². The van der Waals surface area contributed by atoms with Crippen LogP contribution in [0.3, 0.4) is 0 Å². The highest BCUT2D eigenvalue weighted by Crippen LogP contribution is 2.40. The molecule has 1 aromatic carbocycles. The average molecular weight is 348 g/mol. The molecule has 1 aromatic rings. The minimum absolute atomic E-state index is 0.0950. The summed E-state index contributed by atoms with van der Waals surface area (Å²) >= 11 is 1.75. The van der Waals surface area contributed by atoms with Crippen LogP contribution in [0.4, 0.5) is 0 Å². The van der Waals surface area contributed by atoms with Crippen molar-refractivity contribution in [2.24, 2.45) is 0 Å². The van der Waals surface area contributed by atoms with Gasteiger partial charge in [0.05, 0.1) is 12.4 Å². The molecule has 0 bridgehead atoms. The number of phenolic OH excluding ortho intramolecular Hbond substituents is 1. The fraction of sp³-hybridized carbons (Fsp3) is 0.550. The van der Waals surface area contributed by atoms with E-state index < -0.39 is 0 Å². The van der Waals surface area contributed by atoms with Crippen LogP contribution in [0.25, 0.3) is 0 Å². The molecular weight excluding hydrogens is 318 g/mol. The Kier molecular flexibility index (Phi) is 5.10. The van der Waals surface area contributed by atoms with E-state index in [1.165, 1.54) is 4.91 Å². The number of carbonyl (C=O) groups is 1. The van der Waals surface area contributed by atoms with Crippen molar-refractivity contribution in [1.82, 2.24) is 4.90 Å². The van der Waals surface area contributed by atoms with Gasteiger partial charge in [0.15, 0.2) is 5.78 Å². The minimum atomic E-state index is -0.222. The van der Waals surface area contributed by atoms with Gasteiger partial charge in [0.1, 0.15) is 5.75 Å². The van der Waals surface area contributed by atoms with Gasteiger partial charge in [-0.05, 0) is 34.8 Å². The molecule has 1 aliphatic rings. The first-order valence-corrected chi connectivity index (χ1v) is 9.34. The zero-order valence-electron chi connectivity index (χ0n) is 15.9. The lowest BCUT2D eigenvalue weighted by atomic mass is 9.78. The zero-order valence-corrected chi connectivity index (χ0v) is 16.7. The maximum absolute atomic E-state index is 12.8. The van der Waals surface area contributed by atoms with Crippen LogP contribution in [-0.4, -0.2) is 28.2 Å². The average Bonchev–Trinajstić information content (AvgIpc) is 2.81. The van der Waals surface area contributed by atoms with Crippen LogP contribution in [0, 0.1) is 0 Å². The Balaban J connectivity index is 2.44. The molecule has 132 valence electrons. The molecule has 24 heavy (non-hydrogen) atoms. The summed E-state index contributed by atoms with van der Waals surface area (Å²) in [5.74, 6) is 1.24. The molecular formula is C20H29NO2S. The van der Waals surface area contributed by atoms with Gasteiger partial charge in [0.25, 0.3) is 0 Å². The third-order valence-electron chi connectivity index (χ3n) is 4.22. The summed E-state index contributed by atoms with van der Waals surface area (Å²) < 4.78 is 0. The number of ketones is 1. The molecule has 1 N–H and O–H groups in total. The van der Waals surface area contributed by atoms with Crippen LogP contribution in [0.1, 0.15) is 70.0 Å². The quantitative estimate of drug-likeness (QED) is 0.778. The molecule has 0 unspecified atom stereocenters. The summed E-state index contributed by atoms with van der Waals surface area (Å²) in [7, 11) is 0. The zero-order chi connectivity index (χ0) is 18.3.